The molecule has 9 nitrogen and oxygen atoms in total. The van der Waals surface area contributed by atoms with Crippen molar-refractivity contribution in [2.24, 2.45) is 0 Å². The highest BCUT2D eigenvalue weighted by Gasteiger charge is 2.44. The van der Waals surface area contributed by atoms with Crippen LogP contribution in [0.2, 0.25) is 0 Å². The van der Waals surface area contributed by atoms with Crippen molar-refractivity contribution < 1.29 is 39.8 Å². The Morgan fingerprint density at radius 1 is 0.393 bits per heavy atom. The van der Waals surface area contributed by atoms with Crippen molar-refractivity contribution in [2.75, 3.05) is 13.2 Å². The number of aliphatic hydroxyl groups excluding tert-OH is 5. The first-order chi connectivity index (χ1) is 41.3. The van der Waals surface area contributed by atoms with E-state index in [4.69, 9.17) is 9.47 Å². The van der Waals surface area contributed by atoms with Crippen molar-refractivity contribution >= 4 is 5.91 Å². The number of nitrogens with one attached hydrogen (secondary N) is 1. The normalized spacial score (nSPS) is 18.1. The summed E-state index contributed by atoms with van der Waals surface area (Å²) in [5.41, 5.74) is 0. The topological polar surface area (TPSA) is 149 Å². The highest BCUT2D eigenvalue weighted by atomic mass is 16.7. The Kier molecular flexibility index (Phi) is 62.5. The number of ether oxygens (including phenoxy) is 2. The molecular formula is C75H147NO8. The quantitative estimate of drug-likeness (QED) is 0.0261. The number of hydrogen-bond donors (Lipinski definition) is 6. The zero-order chi connectivity index (χ0) is 60.7. The number of rotatable bonds is 68. The van der Waals surface area contributed by atoms with Crippen LogP contribution >= 0.6 is 0 Å². The van der Waals surface area contributed by atoms with Crippen molar-refractivity contribution in [3.05, 3.63) is 12.2 Å². The Balaban J connectivity index is 2.05. The van der Waals surface area contributed by atoms with Gasteiger partial charge in [0.1, 0.15) is 24.4 Å². The van der Waals surface area contributed by atoms with Crippen LogP contribution < -0.4 is 5.32 Å². The molecule has 0 saturated carbocycles. The molecule has 1 aliphatic heterocycles. The molecule has 6 N–H and O–H groups in total. The van der Waals surface area contributed by atoms with E-state index < -0.39 is 49.5 Å². The predicted octanol–water partition coefficient (Wildman–Crippen LogP) is 21.0. The van der Waals surface area contributed by atoms with Gasteiger partial charge in [0.05, 0.1) is 25.4 Å². The van der Waals surface area contributed by atoms with Crippen LogP contribution in [0.15, 0.2) is 12.2 Å². The molecule has 1 amide bonds. The fourth-order valence-electron chi connectivity index (χ4n) is 12.7. The first-order valence-corrected chi connectivity index (χ1v) is 37.9. The molecule has 0 bridgehead atoms. The molecule has 0 radical (unpaired) electrons. The Bertz CT molecular complexity index is 1330. The van der Waals surface area contributed by atoms with Crippen LogP contribution in [-0.2, 0) is 14.3 Å². The molecule has 0 spiro atoms. The molecule has 9 heteroatoms. The van der Waals surface area contributed by atoms with Crippen LogP contribution in [0.25, 0.3) is 0 Å². The minimum Gasteiger partial charge on any atom is -0.394 e. The molecular weight excluding hydrogens is 1040 g/mol. The largest absolute Gasteiger partial charge is 0.394 e. The first kappa shape index (κ1) is 80.9. The van der Waals surface area contributed by atoms with Crippen molar-refractivity contribution in [1.29, 1.82) is 0 Å². The minimum absolute atomic E-state index is 0.132. The van der Waals surface area contributed by atoms with Gasteiger partial charge in [-0.25, -0.2) is 0 Å². The van der Waals surface area contributed by atoms with E-state index in [1.54, 1.807) is 0 Å². The maximum Gasteiger partial charge on any atom is 0.220 e. The number of carbonyl (C=O) groups excluding carboxylic acids is 1. The van der Waals surface area contributed by atoms with Crippen LogP contribution in [0, 0.1) is 0 Å². The summed E-state index contributed by atoms with van der Waals surface area (Å²) in [6.45, 7) is 3.91. The number of carbonyl (C=O) groups is 1. The summed E-state index contributed by atoms with van der Waals surface area (Å²) in [5, 5.41) is 55.0. The zero-order valence-corrected chi connectivity index (χ0v) is 56.2. The van der Waals surface area contributed by atoms with Crippen LogP contribution in [0.3, 0.4) is 0 Å². The second-order valence-corrected chi connectivity index (χ2v) is 26.8. The molecule has 84 heavy (non-hydrogen) atoms. The van der Waals surface area contributed by atoms with E-state index in [0.29, 0.717) is 12.8 Å². The van der Waals surface area contributed by atoms with E-state index in [1.165, 1.54) is 340 Å². The molecule has 0 aliphatic carbocycles. The van der Waals surface area contributed by atoms with Gasteiger partial charge in [0, 0.05) is 6.42 Å². The summed E-state index contributed by atoms with van der Waals surface area (Å²) in [4.78, 5) is 13.2. The van der Waals surface area contributed by atoms with E-state index >= 15 is 0 Å². The van der Waals surface area contributed by atoms with Crippen LogP contribution in [0.4, 0.5) is 0 Å². The predicted molar refractivity (Wildman–Crippen MR) is 360 cm³/mol. The van der Waals surface area contributed by atoms with Gasteiger partial charge in [-0.1, -0.05) is 373 Å². The summed E-state index contributed by atoms with van der Waals surface area (Å²) in [5.74, 6) is -0.134. The third-order valence-electron chi connectivity index (χ3n) is 18.6. The fourth-order valence-corrected chi connectivity index (χ4v) is 12.7. The number of hydrogen-bond acceptors (Lipinski definition) is 8. The lowest BCUT2D eigenvalue weighted by molar-refractivity contribution is -0.302. The molecule has 1 rings (SSSR count). The monoisotopic (exact) mass is 1190 g/mol. The molecule has 1 saturated heterocycles. The summed E-state index contributed by atoms with van der Waals surface area (Å²) < 4.78 is 11.4. The number of amides is 1. The minimum atomic E-state index is -1.55. The molecule has 1 fully saturated rings. The van der Waals surface area contributed by atoms with Gasteiger partial charge in [-0.05, 0) is 38.5 Å². The van der Waals surface area contributed by atoms with Crippen molar-refractivity contribution in [3.8, 4) is 0 Å². The zero-order valence-electron chi connectivity index (χ0n) is 56.2. The summed E-state index contributed by atoms with van der Waals surface area (Å²) in [7, 11) is 0. The average molecular weight is 1190 g/mol. The molecule has 0 aromatic carbocycles. The van der Waals surface area contributed by atoms with E-state index in [1.807, 2.05) is 0 Å². The van der Waals surface area contributed by atoms with Crippen molar-refractivity contribution in [1.82, 2.24) is 5.32 Å². The van der Waals surface area contributed by atoms with Gasteiger partial charge in [-0.2, -0.15) is 0 Å². The second-order valence-electron chi connectivity index (χ2n) is 26.8. The highest BCUT2D eigenvalue weighted by Crippen LogP contribution is 2.24. The summed E-state index contributed by atoms with van der Waals surface area (Å²) in [6, 6.07) is -0.717. The molecule has 500 valence electrons. The molecule has 7 unspecified atom stereocenters. The number of aliphatic hydroxyl groups is 5. The Labute approximate surface area is 522 Å². The Hall–Kier alpha value is -1.07. The van der Waals surface area contributed by atoms with Gasteiger partial charge in [0.2, 0.25) is 5.91 Å². The maximum absolute atomic E-state index is 13.2. The van der Waals surface area contributed by atoms with Gasteiger partial charge in [0.15, 0.2) is 6.29 Å². The Morgan fingerprint density at radius 2 is 0.667 bits per heavy atom. The molecule has 1 heterocycles. The second kappa shape index (κ2) is 64.9. The number of unbranched alkanes of at least 4 members (excludes halogenated alkanes) is 56. The van der Waals surface area contributed by atoms with E-state index in [9.17, 15) is 30.3 Å². The van der Waals surface area contributed by atoms with Crippen LogP contribution in [0.1, 0.15) is 406 Å². The van der Waals surface area contributed by atoms with E-state index in [0.717, 1.165) is 38.5 Å². The summed E-state index contributed by atoms with van der Waals surface area (Å²) >= 11 is 0. The highest BCUT2D eigenvalue weighted by molar-refractivity contribution is 5.76. The fraction of sp³-hybridized carbons (Fsp3) is 0.960. The standard InChI is InChI=1S/C75H147NO8/c1-3-5-7-9-11-13-15-17-19-21-23-25-27-29-30-31-32-33-34-35-36-37-38-39-40-41-43-45-47-49-51-53-55-57-59-61-63-65-71(79)76-68(67-83-75-74(82)73(81)72(80)70(66-77)84-75)69(78)64-62-60-58-56-54-52-50-48-46-44-42-28-26-24-22-20-18-16-14-12-10-8-6-4-2/h33-34,68-70,72-75,77-78,80-82H,3-32,35-67H2,1-2H3,(H,76,79)/b34-33-. The molecule has 7 atom stereocenters. The van der Waals surface area contributed by atoms with Gasteiger partial charge < -0.3 is 40.3 Å². The lowest BCUT2D eigenvalue weighted by Gasteiger charge is -2.40. The first-order valence-electron chi connectivity index (χ1n) is 37.9. The van der Waals surface area contributed by atoms with Crippen LogP contribution in [0.5, 0.6) is 0 Å². The van der Waals surface area contributed by atoms with Crippen molar-refractivity contribution in [2.45, 2.75) is 448 Å². The van der Waals surface area contributed by atoms with Gasteiger partial charge in [0.25, 0.3) is 0 Å². The third-order valence-corrected chi connectivity index (χ3v) is 18.6. The maximum atomic E-state index is 13.2. The van der Waals surface area contributed by atoms with Crippen molar-refractivity contribution in [3.63, 3.8) is 0 Å². The SMILES string of the molecule is CCCCCCCCCCCCCCCCCC/C=C\CCCCCCCCCCCCCCCCCCCC(=O)NC(COC1OC(CO)C(O)C(O)C1O)C(O)CCCCCCCCCCCCCCCCCCCCCCCCCC. The number of allylic oxidation sites excluding steroid dienone is 2. The van der Waals surface area contributed by atoms with Gasteiger partial charge >= 0.3 is 0 Å². The van der Waals surface area contributed by atoms with Gasteiger partial charge in [-0.3, -0.25) is 4.79 Å². The van der Waals surface area contributed by atoms with E-state index in [2.05, 4.69) is 31.3 Å². The average Bonchev–Trinajstić information content (AvgIpc) is 3.70. The molecule has 0 aromatic heterocycles. The lowest BCUT2D eigenvalue weighted by Crippen LogP contribution is -2.60. The Morgan fingerprint density at radius 3 is 0.964 bits per heavy atom. The summed E-state index contributed by atoms with van der Waals surface area (Å²) in [6.07, 6.45) is 77.4. The lowest BCUT2D eigenvalue weighted by atomic mass is 9.99. The van der Waals surface area contributed by atoms with Gasteiger partial charge in [-0.15, -0.1) is 0 Å². The van der Waals surface area contributed by atoms with E-state index in [-0.39, 0.29) is 12.5 Å². The smallest absolute Gasteiger partial charge is 0.220 e. The molecule has 1 aliphatic rings. The molecule has 0 aromatic rings. The third kappa shape index (κ3) is 52.8. The van der Waals surface area contributed by atoms with Crippen LogP contribution in [-0.4, -0.2) is 87.5 Å².